The van der Waals surface area contributed by atoms with Crippen molar-refractivity contribution in [3.05, 3.63) is 41.7 Å². The third kappa shape index (κ3) is 3.27. The van der Waals surface area contributed by atoms with Gasteiger partial charge in [0.25, 0.3) is 0 Å². The number of rotatable bonds is 3. The van der Waals surface area contributed by atoms with E-state index < -0.39 is 0 Å². The van der Waals surface area contributed by atoms with Gasteiger partial charge < -0.3 is 0 Å². The van der Waals surface area contributed by atoms with Gasteiger partial charge in [-0.2, -0.15) is 0 Å². The Kier molecular flexibility index (Phi) is 4.67. The van der Waals surface area contributed by atoms with Crippen molar-refractivity contribution in [3.63, 3.8) is 0 Å². The summed E-state index contributed by atoms with van der Waals surface area (Å²) in [6, 6.07) is 6.43. The molecule has 1 fully saturated rings. The molecular weight excluding hydrogens is 292 g/mol. The molecule has 1 aromatic carbocycles. The monoisotopic (exact) mass is 314 g/mol. The van der Waals surface area contributed by atoms with Crippen LogP contribution in [0.2, 0.25) is 0 Å². The first-order valence-corrected chi connectivity index (χ1v) is 8.83. The van der Waals surface area contributed by atoms with Gasteiger partial charge in [0, 0.05) is 18.8 Å². The Morgan fingerprint density at radius 1 is 1.23 bits per heavy atom. The van der Waals surface area contributed by atoms with Crippen LogP contribution < -0.4 is 0 Å². The molecule has 1 aliphatic rings. The van der Waals surface area contributed by atoms with Gasteiger partial charge in [-0.15, -0.1) is 0 Å². The predicted octanol–water partition coefficient (Wildman–Crippen LogP) is 4.48. The smallest absolute Gasteiger partial charge is 0.173 e. The summed E-state index contributed by atoms with van der Waals surface area (Å²) in [5, 5.41) is 0.988. The lowest BCUT2D eigenvalue weighted by molar-refractivity contribution is -0.118. The fraction of sp³-hybridized carbons (Fsp3) is 0.444. The number of thioether (sulfide) groups is 1. The lowest BCUT2D eigenvalue weighted by Crippen LogP contribution is -2.15. The minimum atomic E-state index is 0.0643. The van der Waals surface area contributed by atoms with E-state index in [1.54, 1.807) is 11.8 Å². The van der Waals surface area contributed by atoms with Crippen LogP contribution in [-0.2, 0) is 4.79 Å². The number of carbonyl (C=O) groups is 1. The van der Waals surface area contributed by atoms with Crippen LogP contribution in [0.4, 0.5) is 0 Å². The van der Waals surface area contributed by atoms with Crippen molar-refractivity contribution in [3.8, 4) is 5.69 Å². The molecular formula is C18H22N2OS. The Bertz CT molecular complexity index is 677. The minimum Gasteiger partial charge on any atom is -0.298 e. The van der Waals surface area contributed by atoms with Gasteiger partial charge in [-0.1, -0.05) is 42.3 Å². The van der Waals surface area contributed by atoms with Crippen molar-refractivity contribution in [2.24, 2.45) is 0 Å². The van der Waals surface area contributed by atoms with E-state index in [2.05, 4.69) is 41.6 Å². The van der Waals surface area contributed by atoms with Gasteiger partial charge >= 0.3 is 0 Å². The van der Waals surface area contributed by atoms with Crippen LogP contribution in [0.1, 0.15) is 43.2 Å². The van der Waals surface area contributed by atoms with Gasteiger partial charge in [0.1, 0.15) is 5.78 Å². The number of hydrogen-bond donors (Lipinski definition) is 0. The number of hydrogen-bond acceptors (Lipinski definition) is 3. The molecule has 0 amide bonds. The lowest BCUT2D eigenvalue weighted by atomic mass is 10.1. The molecule has 0 bridgehead atoms. The highest BCUT2D eigenvalue weighted by atomic mass is 32.2. The third-order valence-corrected chi connectivity index (χ3v) is 5.51. The van der Waals surface area contributed by atoms with Crippen molar-refractivity contribution in [1.82, 2.24) is 9.55 Å². The molecule has 3 nitrogen and oxygen atoms in total. The van der Waals surface area contributed by atoms with Crippen LogP contribution in [0.15, 0.2) is 35.7 Å². The third-order valence-electron chi connectivity index (χ3n) is 4.21. The molecule has 1 saturated carbocycles. The van der Waals surface area contributed by atoms with E-state index in [1.807, 2.05) is 12.4 Å². The summed E-state index contributed by atoms with van der Waals surface area (Å²) in [5.74, 6) is 0.387. The van der Waals surface area contributed by atoms with Gasteiger partial charge in [-0.25, -0.2) is 4.98 Å². The molecule has 1 unspecified atom stereocenters. The largest absolute Gasteiger partial charge is 0.298 e. The molecule has 0 radical (unpaired) electrons. The maximum Gasteiger partial charge on any atom is 0.173 e. The van der Waals surface area contributed by atoms with Gasteiger partial charge in [0.2, 0.25) is 0 Å². The number of aryl methyl sites for hydroxylation is 2. The second-order valence-electron chi connectivity index (χ2n) is 6.04. The predicted molar refractivity (Wildman–Crippen MR) is 90.8 cm³/mol. The van der Waals surface area contributed by atoms with Crippen LogP contribution in [-0.4, -0.2) is 20.6 Å². The van der Waals surface area contributed by atoms with Crippen LogP contribution in [0.5, 0.6) is 0 Å². The van der Waals surface area contributed by atoms with Gasteiger partial charge in [-0.3, -0.25) is 9.36 Å². The zero-order valence-corrected chi connectivity index (χ0v) is 14.0. The molecule has 116 valence electrons. The summed E-state index contributed by atoms with van der Waals surface area (Å²) < 4.78 is 2.11. The van der Waals surface area contributed by atoms with Crippen molar-refractivity contribution in [2.45, 2.75) is 56.4 Å². The molecule has 1 aliphatic carbocycles. The number of imidazole rings is 1. The first kappa shape index (κ1) is 15.3. The molecule has 2 aromatic rings. The molecule has 4 heteroatoms. The Morgan fingerprint density at radius 2 is 2.09 bits per heavy atom. The Labute approximate surface area is 136 Å². The molecule has 1 atom stereocenters. The van der Waals surface area contributed by atoms with Crippen LogP contribution >= 0.6 is 11.8 Å². The number of carbonyl (C=O) groups excluding carboxylic acids is 1. The zero-order valence-electron chi connectivity index (χ0n) is 13.2. The Hall–Kier alpha value is -1.55. The van der Waals surface area contributed by atoms with Crippen LogP contribution in [0.25, 0.3) is 5.69 Å². The maximum atomic E-state index is 12.2. The highest BCUT2D eigenvalue weighted by Crippen LogP contribution is 2.32. The molecule has 22 heavy (non-hydrogen) atoms. The fourth-order valence-corrected chi connectivity index (χ4v) is 4.20. The quantitative estimate of drug-likeness (QED) is 0.783. The summed E-state index contributed by atoms with van der Waals surface area (Å²) in [6.45, 7) is 4.22. The number of benzene rings is 1. The van der Waals surface area contributed by atoms with E-state index in [4.69, 9.17) is 0 Å². The lowest BCUT2D eigenvalue weighted by Gasteiger charge is -2.15. The summed E-state index contributed by atoms with van der Waals surface area (Å²) in [5.41, 5.74) is 3.63. The number of Topliss-reactive ketones (excluding diaryl/α,β-unsaturated/α-hetero) is 1. The summed E-state index contributed by atoms with van der Waals surface area (Å²) in [4.78, 5) is 16.7. The van der Waals surface area contributed by atoms with E-state index in [0.717, 1.165) is 36.5 Å². The topological polar surface area (TPSA) is 34.9 Å². The fourth-order valence-electron chi connectivity index (χ4n) is 3.02. The zero-order chi connectivity index (χ0) is 15.5. The second kappa shape index (κ2) is 6.69. The number of nitrogens with zero attached hydrogens (tertiary/aromatic N) is 2. The van der Waals surface area contributed by atoms with Gasteiger partial charge in [0.15, 0.2) is 5.16 Å². The molecule has 1 heterocycles. The molecule has 0 N–H and O–H groups in total. The standard InChI is InChI=1S/C18H22N2OS/c1-13-8-9-15(14(2)12-13)20-11-10-19-18(20)22-17-7-5-3-4-6-16(17)21/h8-12,17H,3-7H2,1-2H3. The van der Waals surface area contributed by atoms with Crippen LogP contribution in [0.3, 0.4) is 0 Å². The maximum absolute atomic E-state index is 12.2. The van der Waals surface area contributed by atoms with Crippen molar-refractivity contribution < 1.29 is 4.79 Å². The molecule has 0 aliphatic heterocycles. The minimum absolute atomic E-state index is 0.0643. The molecule has 0 spiro atoms. The first-order valence-electron chi connectivity index (χ1n) is 7.95. The number of ketones is 1. The normalized spacial score (nSPS) is 19.2. The van der Waals surface area contributed by atoms with Crippen molar-refractivity contribution >= 4 is 17.5 Å². The molecule has 1 aromatic heterocycles. The van der Waals surface area contributed by atoms with E-state index >= 15 is 0 Å². The second-order valence-corrected chi connectivity index (χ2v) is 7.21. The van der Waals surface area contributed by atoms with Gasteiger partial charge in [0.05, 0.1) is 10.9 Å². The Balaban J connectivity index is 1.87. The average Bonchev–Trinajstić information content (AvgIpc) is 2.83. The molecule has 3 rings (SSSR count). The SMILES string of the molecule is Cc1ccc(-n2ccnc2SC2CCCCCC2=O)c(C)c1. The van der Waals surface area contributed by atoms with Crippen LogP contribution in [0, 0.1) is 13.8 Å². The summed E-state index contributed by atoms with van der Waals surface area (Å²) >= 11 is 1.63. The van der Waals surface area contributed by atoms with Gasteiger partial charge in [-0.05, 0) is 38.3 Å². The first-order chi connectivity index (χ1) is 10.6. The highest BCUT2D eigenvalue weighted by Gasteiger charge is 2.24. The van der Waals surface area contributed by atoms with E-state index in [9.17, 15) is 4.79 Å². The van der Waals surface area contributed by atoms with E-state index in [0.29, 0.717) is 5.78 Å². The summed E-state index contributed by atoms with van der Waals surface area (Å²) in [6.07, 6.45) is 8.87. The summed E-state index contributed by atoms with van der Waals surface area (Å²) in [7, 11) is 0. The highest BCUT2D eigenvalue weighted by molar-refractivity contribution is 8.00. The number of aromatic nitrogens is 2. The Morgan fingerprint density at radius 3 is 2.91 bits per heavy atom. The average molecular weight is 314 g/mol. The van der Waals surface area contributed by atoms with E-state index in [1.165, 1.54) is 17.5 Å². The molecule has 0 saturated heterocycles. The van der Waals surface area contributed by atoms with E-state index in [-0.39, 0.29) is 5.25 Å². The van der Waals surface area contributed by atoms with Crippen molar-refractivity contribution in [2.75, 3.05) is 0 Å². The van der Waals surface area contributed by atoms with Crippen molar-refractivity contribution in [1.29, 1.82) is 0 Å².